The number of rotatable bonds is 4. The van der Waals surface area contributed by atoms with E-state index in [2.05, 4.69) is 0 Å². The first-order valence-corrected chi connectivity index (χ1v) is 8.80. The van der Waals surface area contributed by atoms with Crippen molar-refractivity contribution in [2.24, 2.45) is 0 Å². The lowest BCUT2D eigenvalue weighted by Crippen LogP contribution is -2.37. The van der Waals surface area contributed by atoms with Crippen molar-refractivity contribution in [2.45, 2.75) is 19.3 Å². The number of esters is 1. The number of hydrogen-bond donors (Lipinski definition) is 0. The highest BCUT2D eigenvalue weighted by molar-refractivity contribution is 6.06. The number of benzene rings is 2. The fourth-order valence-corrected chi connectivity index (χ4v) is 3.66. The van der Waals surface area contributed by atoms with Crippen molar-refractivity contribution in [1.82, 2.24) is 0 Å². The van der Waals surface area contributed by atoms with E-state index in [0.29, 0.717) is 29.3 Å². The van der Waals surface area contributed by atoms with E-state index in [4.69, 9.17) is 9.47 Å². The van der Waals surface area contributed by atoms with E-state index >= 15 is 0 Å². The van der Waals surface area contributed by atoms with Crippen LogP contribution in [0.25, 0.3) is 0 Å². The third kappa shape index (κ3) is 2.97. The second-order valence-corrected chi connectivity index (χ2v) is 6.37. The van der Waals surface area contributed by atoms with E-state index in [1.165, 1.54) is 29.2 Å². The molecule has 0 saturated carbocycles. The third-order valence-corrected chi connectivity index (χ3v) is 4.80. The van der Waals surface area contributed by atoms with Gasteiger partial charge in [-0.15, -0.1) is 0 Å². The van der Waals surface area contributed by atoms with Gasteiger partial charge < -0.3 is 9.47 Å². The average molecular weight is 367 g/mol. The zero-order valence-corrected chi connectivity index (χ0v) is 14.8. The summed E-state index contributed by atoms with van der Waals surface area (Å²) in [5.74, 6) is -0.767. The zero-order chi connectivity index (χ0) is 19.0. The van der Waals surface area contributed by atoms with Gasteiger partial charge in [0.05, 0.1) is 17.9 Å². The molecule has 2 aliphatic rings. The summed E-state index contributed by atoms with van der Waals surface area (Å²) in [7, 11) is 0. The van der Waals surface area contributed by atoms with Crippen LogP contribution in [-0.2, 0) is 14.3 Å². The number of cyclic esters (lactones) is 1. The molecule has 2 aromatic carbocycles. The minimum atomic E-state index is -0.430. The number of halogens is 1. The molecule has 2 aliphatic heterocycles. The molecule has 0 fully saturated rings. The summed E-state index contributed by atoms with van der Waals surface area (Å²) in [5.41, 5.74) is 2.28. The number of carbonyl (C=O) groups is 2. The van der Waals surface area contributed by atoms with E-state index in [9.17, 15) is 14.0 Å². The SMILES string of the molecule is CCOc1ccccc1[C@@H]1CC(=O)N(c2ccc(F)cc2)C2=C1C(=O)OC2. The van der Waals surface area contributed by atoms with Gasteiger partial charge in [0.25, 0.3) is 0 Å². The molecule has 0 aliphatic carbocycles. The van der Waals surface area contributed by atoms with Gasteiger partial charge in [-0.3, -0.25) is 9.69 Å². The Kier molecular flexibility index (Phi) is 4.39. The largest absolute Gasteiger partial charge is 0.494 e. The minimum absolute atomic E-state index is 0.0184. The van der Waals surface area contributed by atoms with Gasteiger partial charge >= 0.3 is 5.97 Å². The first kappa shape index (κ1) is 17.3. The monoisotopic (exact) mass is 367 g/mol. The molecule has 1 atom stereocenters. The number of carbonyl (C=O) groups excluding carboxylic acids is 2. The second-order valence-electron chi connectivity index (χ2n) is 6.37. The molecule has 0 unspecified atom stereocenters. The Labute approximate surface area is 156 Å². The highest BCUT2D eigenvalue weighted by Crippen LogP contribution is 2.44. The molecule has 138 valence electrons. The first-order valence-electron chi connectivity index (χ1n) is 8.80. The minimum Gasteiger partial charge on any atom is -0.494 e. The maximum Gasteiger partial charge on any atom is 0.336 e. The van der Waals surface area contributed by atoms with Crippen LogP contribution in [0.5, 0.6) is 5.75 Å². The molecule has 5 nitrogen and oxygen atoms in total. The van der Waals surface area contributed by atoms with Gasteiger partial charge in [0.15, 0.2) is 0 Å². The van der Waals surface area contributed by atoms with Crippen LogP contribution in [-0.4, -0.2) is 25.1 Å². The van der Waals surface area contributed by atoms with Gasteiger partial charge in [0.2, 0.25) is 5.91 Å². The van der Waals surface area contributed by atoms with Crippen molar-refractivity contribution >= 4 is 17.6 Å². The fourth-order valence-electron chi connectivity index (χ4n) is 3.66. The Morgan fingerprint density at radius 2 is 1.89 bits per heavy atom. The van der Waals surface area contributed by atoms with Crippen LogP contribution in [0.3, 0.4) is 0 Å². The molecule has 0 N–H and O–H groups in total. The van der Waals surface area contributed by atoms with Gasteiger partial charge in [-0.25, -0.2) is 9.18 Å². The molecule has 0 saturated heterocycles. The summed E-state index contributed by atoms with van der Waals surface area (Å²) in [4.78, 5) is 26.9. The van der Waals surface area contributed by atoms with Crippen molar-refractivity contribution in [1.29, 1.82) is 0 Å². The molecule has 1 amide bonds. The molecule has 4 rings (SSSR count). The first-order chi connectivity index (χ1) is 13.1. The van der Waals surface area contributed by atoms with Crippen molar-refractivity contribution in [3.63, 3.8) is 0 Å². The number of anilines is 1. The molecular formula is C21H18FNO4. The Morgan fingerprint density at radius 1 is 1.15 bits per heavy atom. The number of hydrogen-bond acceptors (Lipinski definition) is 4. The summed E-state index contributed by atoms with van der Waals surface area (Å²) < 4.78 is 24.2. The van der Waals surface area contributed by atoms with Crippen molar-refractivity contribution in [2.75, 3.05) is 18.1 Å². The Balaban J connectivity index is 1.82. The number of para-hydroxylation sites is 1. The van der Waals surface area contributed by atoms with E-state index < -0.39 is 11.9 Å². The quantitative estimate of drug-likeness (QED) is 0.776. The van der Waals surface area contributed by atoms with E-state index in [1.807, 2.05) is 31.2 Å². The Hall–Kier alpha value is -3.15. The normalized spacial score (nSPS) is 19.2. The summed E-state index contributed by atoms with van der Waals surface area (Å²) in [6, 6.07) is 13.0. The maximum atomic E-state index is 13.3. The maximum absolute atomic E-state index is 13.3. The number of ether oxygens (including phenoxy) is 2. The van der Waals surface area contributed by atoms with E-state index in [1.54, 1.807) is 0 Å². The Bertz CT molecular complexity index is 935. The molecule has 6 heteroatoms. The van der Waals surface area contributed by atoms with Crippen LogP contribution in [0.1, 0.15) is 24.8 Å². The average Bonchev–Trinajstić information content (AvgIpc) is 3.05. The van der Waals surface area contributed by atoms with Crippen molar-refractivity contribution < 1.29 is 23.5 Å². The third-order valence-electron chi connectivity index (χ3n) is 4.80. The standard InChI is InChI=1S/C21H18FNO4/c1-2-26-18-6-4-3-5-15(18)16-11-19(24)23(14-9-7-13(22)8-10-14)17-12-27-21(25)20(16)17/h3-10,16H,2,11-12H2,1H3/t16-/m0/s1. The van der Waals surface area contributed by atoms with Crippen LogP contribution in [0.4, 0.5) is 10.1 Å². The molecule has 0 aromatic heterocycles. The fraction of sp³-hybridized carbons (Fsp3) is 0.238. The van der Waals surface area contributed by atoms with Crippen molar-refractivity contribution in [3.05, 3.63) is 71.2 Å². The van der Waals surface area contributed by atoms with E-state index in [0.717, 1.165) is 5.56 Å². The molecule has 2 aromatic rings. The predicted octanol–water partition coefficient (Wildman–Crippen LogP) is 3.56. The Morgan fingerprint density at radius 3 is 2.63 bits per heavy atom. The molecule has 2 heterocycles. The van der Waals surface area contributed by atoms with Crippen LogP contribution >= 0.6 is 0 Å². The molecule has 27 heavy (non-hydrogen) atoms. The topological polar surface area (TPSA) is 55.8 Å². The lowest BCUT2D eigenvalue weighted by Gasteiger charge is -2.32. The molecule has 0 radical (unpaired) electrons. The molecular weight excluding hydrogens is 349 g/mol. The summed E-state index contributed by atoms with van der Waals surface area (Å²) in [6.45, 7) is 2.38. The van der Waals surface area contributed by atoms with Gasteiger partial charge in [0, 0.05) is 23.6 Å². The van der Waals surface area contributed by atoms with Crippen LogP contribution < -0.4 is 9.64 Å². The van der Waals surface area contributed by atoms with E-state index in [-0.39, 0.29) is 24.8 Å². The number of amides is 1. The molecule has 0 spiro atoms. The summed E-state index contributed by atoms with van der Waals surface area (Å²) in [5, 5.41) is 0. The van der Waals surface area contributed by atoms with Gasteiger partial charge in [-0.1, -0.05) is 18.2 Å². The van der Waals surface area contributed by atoms with Crippen molar-refractivity contribution in [3.8, 4) is 5.75 Å². The lowest BCUT2D eigenvalue weighted by molar-refractivity contribution is -0.136. The van der Waals surface area contributed by atoms with Gasteiger partial charge in [-0.05, 0) is 37.3 Å². The number of nitrogens with zero attached hydrogens (tertiary/aromatic N) is 1. The smallest absolute Gasteiger partial charge is 0.336 e. The highest BCUT2D eigenvalue weighted by Gasteiger charge is 2.43. The second kappa shape index (κ2) is 6.87. The molecule has 0 bridgehead atoms. The predicted molar refractivity (Wildman–Crippen MR) is 96.8 cm³/mol. The van der Waals surface area contributed by atoms with Crippen LogP contribution in [0, 0.1) is 5.82 Å². The zero-order valence-electron chi connectivity index (χ0n) is 14.8. The summed E-state index contributed by atoms with van der Waals surface area (Å²) in [6.07, 6.45) is 0.107. The van der Waals surface area contributed by atoms with Gasteiger partial charge in [-0.2, -0.15) is 0 Å². The van der Waals surface area contributed by atoms with Gasteiger partial charge in [0.1, 0.15) is 18.2 Å². The lowest BCUT2D eigenvalue weighted by atomic mass is 9.83. The van der Waals surface area contributed by atoms with Crippen LogP contribution in [0.15, 0.2) is 59.8 Å². The summed E-state index contributed by atoms with van der Waals surface area (Å²) >= 11 is 0. The highest BCUT2D eigenvalue weighted by atomic mass is 19.1. The van der Waals surface area contributed by atoms with Crippen LogP contribution in [0.2, 0.25) is 0 Å².